The van der Waals surface area contributed by atoms with Crippen LogP contribution in [0, 0.1) is 11.3 Å². The van der Waals surface area contributed by atoms with Crippen molar-refractivity contribution >= 4 is 15.5 Å². The molecular formula is C18H18N4O3S. The standard InChI is InChI=1S/C18H18N4O3S/c1-4-26(24,25)14-7-5-6-12(8-14)16-15(11(2)3)18(23)22-17(21-16)13(9-19)10-20-22/h5-8,10-11,21H,4H2,1-3H3. The van der Waals surface area contributed by atoms with Crippen LogP contribution in [0.2, 0.25) is 0 Å². The van der Waals surface area contributed by atoms with Gasteiger partial charge >= 0.3 is 0 Å². The summed E-state index contributed by atoms with van der Waals surface area (Å²) in [7, 11) is -3.38. The van der Waals surface area contributed by atoms with Gasteiger partial charge in [-0.25, -0.2) is 8.42 Å². The first-order valence-electron chi connectivity index (χ1n) is 8.17. The zero-order valence-corrected chi connectivity index (χ0v) is 15.5. The van der Waals surface area contributed by atoms with E-state index in [2.05, 4.69) is 10.1 Å². The van der Waals surface area contributed by atoms with Gasteiger partial charge in [0.15, 0.2) is 15.5 Å². The number of sulfone groups is 1. The van der Waals surface area contributed by atoms with Gasteiger partial charge in [0, 0.05) is 5.56 Å². The van der Waals surface area contributed by atoms with E-state index in [-0.39, 0.29) is 27.7 Å². The molecule has 26 heavy (non-hydrogen) atoms. The summed E-state index contributed by atoms with van der Waals surface area (Å²) in [6.07, 6.45) is 1.33. The Balaban J connectivity index is 2.38. The second kappa shape index (κ2) is 6.42. The Morgan fingerprint density at radius 2 is 2.08 bits per heavy atom. The smallest absolute Gasteiger partial charge is 0.278 e. The third-order valence-electron chi connectivity index (χ3n) is 4.26. The second-order valence-corrected chi connectivity index (χ2v) is 8.51. The first-order chi connectivity index (χ1) is 12.3. The van der Waals surface area contributed by atoms with Crippen molar-refractivity contribution in [3.8, 4) is 17.3 Å². The van der Waals surface area contributed by atoms with Gasteiger partial charge in [-0.15, -0.1) is 0 Å². The Bertz CT molecular complexity index is 1200. The molecule has 0 aliphatic carbocycles. The van der Waals surface area contributed by atoms with Crippen LogP contribution in [-0.2, 0) is 9.84 Å². The average Bonchev–Trinajstić information content (AvgIpc) is 3.04. The van der Waals surface area contributed by atoms with Crippen molar-refractivity contribution in [3.05, 3.63) is 51.9 Å². The van der Waals surface area contributed by atoms with Crippen LogP contribution in [0.25, 0.3) is 16.9 Å². The molecule has 1 N–H and O–H groups in total. The molecule has 2 aromatic heterocycles. The Morgan fingerprint density at radius 3 is 2.69 bits per heavy atom. The maximum absolute atomic E-state index is 12.9. The minimum absolute atomic E-state index is 0.00967. The minimum atomic E-state index is -3.38. The van der Waals surface area contributed by atoms with Crippen LogP contribution in [0.15, 0.2) is 40.2 Å². The van der Waals surface area contributed by atoms with Crippen molar-refractivity contribution in [1.29, 1.82) is 5.26 Å². The molecule has 0 atom stereocenters. The zero-order chi connectivity index (χ0) is 19.1. The monoisotopic (exact) mass is 370 g/mol. The first-order valence-corrected chi connectivity index (χ1v) is 9.82. The Kier molecular flexibility index (Phi) is 4.42. The van der Waals surface area contributed by atoms with E-state index in [1.807, 2.05) is 19.9 Å². The fourth-order valence-corrected chi connectivity index (χ4v) is 3.81. The number of H-pyrrole nitrogens is 1. The first kappa shape index (κ1) is 17.9. The van der Waals surface area contributed by atoms with Crippen molar-refractivity contribution in [1.82, 2.24) is 14.6 Å². The highest BCUT2D eigenvalue weighted by molar-refractivity contribution is 7.91. The summed E-state index contributed by atoms with van der Waals surface area (Å²) in [5.74, 6) is -0.135. The van der Waals surface area contributed by atoms with Crippen LogP contribution in [0.3, 0.4) is 0 Å². The molecule has 0 fully saturated rings. The molecule has 2 heterocycles. The molecule has 0 aliphatic rings. The number of nitrogens with zero attached hydrogens (tertiary/aromatic N) is 3. The van der Waals surface area contributed by atoms with E-state index < -0.39 is 9.84 Å². The Morgan fingerprint density at radius 1 is 1.35 bits per heavy atom. The molecule has 1 aromatic carbocycles. The fraction of sp³-hybridized carbons (Fsp3) is 0.278. The Labute approximate surface area is 150 Å². The van der Waals surface area contributed by atoms with E-state index in [0.29, 0.717) is 22.5 Å². The third kappa shape index (κ3) is 2.80. The molecule has 0 saturated heterocycles. The molecule has 7 nitrogen and oxygen atoms in total. The van der Waals surface area contributed by atoms with Crippen LogP contribution in [0.4, 0.5) is 0 Å². The lowest BCUT2D eigenvalue weighted by Crippen LogP contribution is -2.22. The molecule has 134 valence electrons. The number of hydrogen-bond acceptors (Lipinski definition) is 5. The quantitative estimate of drug-likeness (QED) is 0.759. The molecule has 3 rings (SSSR count). The van der Waals surface area contributed by atoms with Crippen LogP contribution in [0.5, 0.6) is 0 Å². The van der Waals surface area contributed by atoms with Crippen molar-refractivity contribution in [2.24, 2.45) is 0 Å². The van der Waals surface area contributed by atoms with Crippen LogP contribution in [0.1, 0.15) is 37.8 Å². The number of nitrogens with one attached hydrogen (secondary N) is 1. The maximum Gasteiger partial charge on any atom is 0.278 e. The zero-order valence-electron chi connectivity index (χ0n) is 14.6. The lowest BCUT2D eigenvalue weighted by Gasteiger charge is -2.14. The van der Waals surface area contributed by atoms with Crippen molar-refractivity contribution in [3.63, 3.8) is 0 Å². The molecule has 0 saturated carbocycles. The molecule has 0 aliphatic heterocycles. The summed E-state index contributed by atoms with van der Waals surface area (Å²) in [5.41, 5.74) is 1.78. The van der Waals surface area contributed by atoms with Gasteiger partial charge in [0.05, 0.1) is 22.5 Å². The second-order valence-electron chi connectivity index (χ2n) is 6.24. The van der Waals surface area contributed by atoms with Gasteiger partial charge in [0.1, 0.15) is 11.6 Å². The van der Waals surface area contributed by atoms with Crippen LogP contribution in [-0.4, -0.2) is 28.8 Å². The van der Waals surface area contributed by atoms with Gasteiger partial charge in [-0.2, -0.15) is 14.9 Å². The molecule has 0 spiro atoms. The summed E-state index contributed by atoms with van der Waals surface area (Å²) in [6, 6.07) is 8.47. The number of aromatic nitrogens is 3. The minimum Gasteiger partial charge on any atom is -0.338 e. The summed E-state index contributed by atoms with van der Waals surface area (Å²) >= 11 is 0. The van der Waals surface area contributed by atoms with Gasteiger partial charge in [0.2, 0.25) is 0 Å². The summed E-state index contributed by atoms with van der Waals surface area (Å²) in [5, 5.41) is 13.2. The summed E-state index contributed by atoms with van der Waals surface area (Å²) in [6.45, 7) is 5.34. The van der Waals surface area contributed by atoms with Crippen molar-refractivity contribution < 1.29 is 8.42 Å². The van der Waals surface area contributed by atoms with Crippen molar-refractivity contribution in [2.45, 2.75) is 31.6 Å². The number of rotatable bonds is 4. The molecule has 0 bridgehead atoms. The molecule has 0 unspecified atom stereocenters. The van der Waals surface area contributed by atoms with Gasteiger partial charge in [0.25, 0.3) is 5.56 Å². The van der Waals surface area contributed by atoms with Gasteiger partial charge < -0.3 is 4.98 Å². The van der Waals surface area contributed by atoms with E-state index in [9.17, 15) is 18.5 Å². The molecule has 3 aromatic rings. The number of fused-ring (bicyclic) bond motifs is 1. The molecule has 0 radical (unpaired) electrons. The lowest BCUT2D eigenvalue weighted by atomic mass is 9.98. The van der Waals surface area contributed by atoms with E-state index >= 15 is 0 Å². The van der Waals surface area contributed by atoms with Gasteiger partial charge in [-0.1, -0.05) is 32.9 Å². The highest BCUT2D eigenvalue weighted by Gasteiger charge is 2.20. The van der Waals surface area contributed by atoms with Crippen LogP contribution < -0.4 is 5.56 Å². The van der Waals surface area contributed by atoms with E-state index in [4.69, 9.17) is 0 Å². The molecule has 0 amide bonds. The topological polar surface area (TPSA) is 108 Å². The number of hydrogen-bond donors (Lipinski definition) is 1. The van der Waals surface area contributed by atoms with E-state index in [1.165, 1.54) is 16.8 Å². The van der Waals surface area contributed by atoms with E-state index in [0.717, 1.165) is 0 Å². The van der Waals surface area contributed by atoms with E-state index in [1.54, 1.807) is 25.1 Å². The molecule has 8 heteroatoms. The lowest BCUT2D eigenvalue weighted by molar-refractivity contribution is 0.597. The number of nitriles is 1. The normalized spacial score (nSPS) is 11.8. The fourth-order valence-electron chi connectivity index (χ4n) is 2.89. The average molecular weight is 370 g/mol. The van der Waals surface area contributed by atoms with Crippen molar-refractivity contribution in [2.75, 3.05) is 5.75 Å². The number of aromatic amines is 1. The third-order valence-corrected chi connectivity index (χ3v) is 6.00. The predicted molar refractivity (Wildman–Crippen MR) is 97.8 cm³/mol. The largest absolute Gasteiger partial charge is 0.338 e. The Hall–Kier alpha value is -2.92. The number of benzene rings is 1. The maximum atomic E-state index is 12.9. The van der Waals surface area contributed by atoms with Crippen LogP contribution >= 0.6 is 0 Å². The molecular weight excluding hydrogens is 352 g/mol. The summed E-state index contributed by atoms with van der Waals surface area (Å²) in [4.78, 5) is 16.2. The highest BCUT2D eigenvalue weighted by Crippen LogP contribution is 2.28. The van der Waals surface area contributed by atoms with Gasteiger partial charge in [-0.05, 0) is 23.6 Å². The predicted octanol–water partition coefficient (Wildman–Crippen LogP) is 2.48. The summed E-state index contributed by atoms with van der Waals surface area (Å²) < 4.78 is 25.6. The van der Waals surface area contributed by atoms with Gasteiger partial charge in [-0.3, -0.25) is 4.79 Å². The SMILES string of the molecule is CCS(=O)(=O)c1cccc(-c2[nH]c3c(C#N)cnn3c(=O)c2C(C)C)c1. The highest BCUT2D eigenvalue weighted by atomic mass is 32.2.